The average molecular weight is 395 g/mol. The first-order valence-electron chi connectivity index (χ1n) is 9.75. The molecule has 1 atom stereocenters. The maximum absolute atomic E-state index is 12.4. The lowest BCUT2D eigenvalue weighted by Gasteiger charge is -2.32. The predicted molar refractivity (Wildman–Crippen MR) is 104 cm³/mol. The lowest BCUT2D eigenvalue weighted by molar-refractivity contribution is -0.148. The number of nitrogens with zero attached hydrogens (tertiary/aromatic N) is 2. The van der Waals surface area contributed by atoms with Crippen LogP contribution in [0.1, 0.15) is 46.0 Å². The molecule has 0 aromatic heterocycles. The average Bonchev–Trinajstić information content (AvgIpc) is 3.00. The fourth-order valence-corrected chi connectivity index (χ4v) is 4.86. The minimum absolute atomic E-state index is 0.258. The van der Waals surface area contributed by atoms with Gasteiger partial charge < -0.3 is 10.6 Å². The first-order valence-corrected chi connectivity index (χ1v) is 10.7. The van der Waals surface area contributed by atoms with Crippen LogP contribution >= 0.6 is 11.8 Å². The molecule has 152 valence electrons. The van der Waals surface area contributed by atoms with Crippen molar-refractivity contribution in [2.45, 2.75) is 56.9 Å². The van der Waals surface area contributed by atoms with Crippen LogP contribution in [0.2, 0.25) is 0 Å². The van der Waals surface area contributed by atoms with Gasteiger partial charge in [-0.05, 0) is 70.7 Å². The smallest absolute Gasteiger partial charge is 0.357 e. The number of hydrogen-bond donors (Lipinski definition) is 2. The SMILES string of the molecule is CCNC(=NCC1(C)CCCS1)NCCC1CCN(CC(F)(F)F)CC1. The van der Waals surface area contributed by atoms with Crippen LogP contribution in [0.25, 0.3) is 0 Å². The van der Waals surface area contributed by atoms with E-state index in [0.29, 0.717) is 19.0 Å². The normalized spacial score (nSPS) is 26.3. The Kier molecular flexibility index (Phi) is 8.39. The summed E-state index contributed by atoms with van der Waals surface area (Å²) < 4.78 is 37.6. The Bertz CT molecular complexity index is 442. The van der Waals surface area contributed by atoms with Crippen LogP contribution in [0.4, 0.5) is 13.2 Å². The van der Waals surface area contributed by atoms with E-state index >= 15 is 0 Å². The second-order valence-corrected chi connectivity index (χ2v) is 9.33. The fraction of sp³-hybridized carbons (Fsp3) is 0.944. The topological polar surface area (TPSA) is 39.7 Å². The zero-order valence-corrected chi connectivity index (χ0v) is 16.8. The summed E-state index contributed by atoms with van der Waals surface area (Å²) >= 11 is 2.01. The molecule has 0 aromatic rings. The second-order valence-electron chi connectivity index (χ2n) is 7.65. The highest BCUT2D eigenvalue weighted by atomic mass is 32.2. The van der Waals surface area contributed by atoms with E-state index in [4.69, 9.17) is 4.99 Å². The van der Waals surface area contributed by atoms with Gasteiger partial charge in [0.15, 0.2) is 5.96 Å². The van der Waals surface area contributed by atoms with Crippen molar-refractivity contribution in [2.24, 2.45) is 10.9 Å². The summed E-state index contributed by atoms with van der Waals surface area (Å²) in [5, 5.41) is 6.69. The number of nitrogens with one attached hydrogen (secondary N) is 2. The van der Waals surface area contributed by atoms with Gasteiger partial charge in [-0.3, -0.25) is 9.89 Å². The van der Waals surface area contributed by atoms with Gasteiger partial charge in [0.2, 0.25) is 0 Å². The summed E-state index contributed by atoms with van der Waals surface area (Å²) in [6.45, 7) is 7.13. The van der Waals surface area contributed by atoms with Gasteiger partial charge in [0.05, 0.1) is 13.1 Å². The summed E-state index contributed by atoms with van der Waals surface area (Å²) in [5.74, 6) is 2.58. The zero-order chi connectivity index (χ0) is 19.0. The largest absolute Gasteiger partial charge is 0.401 e. The van der Waals surface area contributed by atoms with Gasteiger partial charge in [0.25, 0.3) is 0 Å². The van der Waals surface area contributed by atoms with Crippen molar-refractivity contribution >= 4 is 17.7 Å². The van der Waals surface area contributed by atoms with Crippen LogP contribution in [0, 0.1) is 5.92 Å². The Morgan fingerprint density at radius 2 is 2.00 bits per heavy atom. The Labute approximate surface area is 159 Å². The van der Waals surface area contributed by atoms with Crippen molar-refractivity contribution in [1.29, 1.82) is 0 Å². The van der Waals surface area contributed by atoms with E-state index in [9.17, 15) is 13.2 Å². The van der Waals surface area contributed by atoms with Gasteiger partial charge >= 0.3 is 6.18 Å². The van der Waals surface area contributed by atoms with Crippen molar-refractivity contribution < 1.29 is 13.2 Å². The van der Waals surface area contributed by atoms with E-state index in [-0.39, 0.29) is 4.75 Å². The van der Waals surface area contributed by atoms with Crippen molar-refractivity contribution in [3.63, 3.8) is 0 Å². The Balaban J connectivity index is 1.68. The molecule has 1 unspecified atom stereocenters. The molecule has 0 saturated carbocycles. The van der Waals surface area contributed by atoms with Gasteiger partial charge in [0, 0.05) is 17.8 Å². The molecule has 2 aliphatic rings. The molecule has 0 aromatic carbocycles. The predicted octanol–water partition coefficient (Wildman–Crippen LogP) is 3.49. The molecule has 0 spiro atoms. The molecule has 0 bridgehead atoms. The summed E-state index contributed by atoms with van der Waals surface area (Å²) in [6.07, 6.45) is 1.08. The van der Waals surface area contributed by atoms with Gasteiger partial charge in [0.1, 0.15) is 0 Å². The number of guanidine groups is 1. The van der Waals surface area contributed by atoms with Crippen LogP contribution in [0.5, 0.6) is 0 Å². The minimum atomic E-state index is -4.08. The lowest BCUT2D eigenvalue weighted by Crippen LogP contribution is -2.42. The maximum Gasteiger partial charge on any atom is 0.401 e. The minimum Gasteiger partial charge on any atom is -0.357 e. The molecule has 0 amide bonds. The van der Waals surface area contributed by atoms with Crippen LogP contribution in [-0.2, 0) is 0 Å². The van der Waals surface area contributed by atoms with E-state index in [2.05, 4.69) is 24.5 Å². The molecule has 0 radical (unpaired) electrons. The molecule has 4 nitrogen and oxygen atoms in total. The molecular formula is C18H33F3N4S. The van der Waals surface area contributed by atoms with Gasteiger partial charge in [-0.1, -0.05) is 0 Å². The Hall–Kier alpha value is -0.630. The summed E-state index contributed by atoms with van der Waals surface area (Å²) in [4.78, 5) is 6.27. The molecule has 2 aliphatic heterocycles. The van der Waals surface area contributed by atoms with E-state index in [0.717, 1.165) is 44.9 Å². The third-order valence-corrected chi connectivity index (χ3v) is 6.69. The molecular weight excluding hydrogens is 361 g/mol. The molecule has 2 saturated heterocycles. The number of rotatable bonds is 7. The fourth-order valence-electron chi connectivity index (χ4n) is 3.63. The van der Waals surface area contributed by atoms with E-state index in [1.165, 1.54) is 23.5 Å². The maximum atomic E-state index is 12.4. The molecule has 26 heavy (non-hydrogen) atoms. The van der Waals surface area contributed by atoms with Gasteiger partial charge in [-0.25, -0.2) is 0 Å². The quantitative estimate of drug-likeness (QED) is 0.512. The summed E-state index contributed by atoms with van der Waals surface area (Å²) in [5.41, 5.74) is 0. The molecule has 2 N–H and O–H groups in total. The number of aliphatic imine (C=N–C) groups is 1. The third-order valence-electron chi connectivity index (χ3n) is 5.17. The summed E-state index contributed by atoms with van der Waals surface area (Å²) in [7, 11) is 0. The second kappa shape index (κ2) is 10.1. The number of thioether (sulfide) groups is 1. The van der Waals surface area contributed by atoms with Crippen LogP contribution in [-0.4, -0.2) is 66.8 Å². The number of hydrogen-bond acceptors (Lipinski definition) is 3. The highest BCUT2D eigenvalue weighted by Crippen LogP contribution is 2.37. The molecule has 2 rings (SSSR count). The third kappa shape index (κ3) is 7.94. The summed E-state index contributed by atoms with van der Waals surface area (Å²) in [6, 6.07) is 0. The van der Waals surface area contributed by atoms with E-state index in [1.54, 1.807) is 0 Å². The van der Waals surface area contributed by atoms with Crippen molar-refractivity contribution in [2.75, 3.05) is 45.0 Å². The number of likely N-dealkylation sites (tertiary alicyclic amines) is 1. The molecule has 0 aliphatic carbocycles. The highest BCUT2D eigenvalue weighted by molar-refractivity contribution is 8.00. The molecule has 8 heteroatoms. The van der Waals surface area contributed by atoms with Gasteiger partial charge in [-0.15, -0.1) is 0 Å². The monoisotopic (exact) mass is 394 g/mol. The van der Waals surface area contributed by atoms with Crippen molar-refractivity contribution in [1.82, 2.24) is 15.5 Å². The van der Waals surface area contributed by atoms with Crippen LogP contribution in [0.3, 0.4) is 0 Å². The first-order chi connectivity index (χ1) is 12.3. The lowest BCUT2D eigenvalue weighted by atomic mass is 9.93. The van der Waals surface area contributed by atoms with Crippen LogP contribution < -0.4 is 10.6 Å². The zero-order valence-electron chi connectivity index (χ0n) is 16.0. The number of halogens is 3. The van der Waals surface area contributed by atoms with E-state index < -0.39 is 12.7 Å². The highest BCUT2D eigenvalue weighted by Gasteiger charge is 2.32. The van der Waals surface area contributed by atoms with Crippen molar-refractivity contribution in [3.8, 4) is 0 Å². The Morgan fingerprint density at radius 3 is 2.58 bits per heavy atom. The Morgan fingerprint density at radius 1 is 1.27 bits per heavy atom. The standard InChI is InChI=1S/C18H33F3N4S/c1-3-22-16(24-13-17(2)8-4-12-26-17)23-9-5-15-6-10-25(11-7-15)14-18(19,20)21/h15H,3-14H2,1-2H3,(H2,22,23,24). The number of alkyl halides is 3. The first kappa shape index (κ1) is 21.7. The van der Waals surface area contributed by atoms with E-state index in [1.807, 2.05) is 11.8 Å². The van der Waals surface area contributed by atoms with Crippen molar-refractivity contribution in [3.05, 3.63) is 0 Å². The molecule has 2 fully saturated rings. The van der Waals surface area contributed by atoms with Crippen LogP contribution in [0.15, 0.2) is 4.99 Å². The van der Waals surface area contributed by atoms with Gasteiger partial charge in [-0.2, -0.15) is 24.9 Å². The number of piperidine rings is 1. The molecule has 2 heterocycles.